The van der Waals surface area contributed by atoms with Crippen LogP contribution in [-0.4, -0.2) is 65.0 Å². The first-order valence-electron chi connectivity index (χ1n) is 7.08. The SMILES string of the molecule is NC1CCN(CC(=O)N2CCCC[C@H]2C(=O)O)CC1. The Labute approximate surface area is 113 Å². The first kappa shape index (κ1) is 14.3. The number of carboxylic acids is 1. The van der Waals surface area contributed by atoms with Crippen molar-refractivity contribution in [3.63, 3.8) is 0 Å². The molecule has 2 aliphatic rings. The average Bonchev–Trinajstić information content (AvgIpc) is 2.41. The molecule has 2 aliphatic heterocycles. The molecule has 1 amide bonds. The summed E-state index contributed by atoms with van der Waals surface area (Å²) in [6.45, 7) is 2.57. The van der Waals surface area contributed by atoms with Gasteiger partial charge in [0.2, 0.25) is 5.91 Å². The van der Waals surface area contributed by atoms with Gasteiger partial charge in [0.05, 0.1) is 6.54 Å². The maximum absolute atomic E-state index is 12.3. The zero-order valence-corrected chi connectivity index (χ0v) is 11.3. The number of piperidine rings is 2. The molecule has 0 unspecified atom stereocenters. The molecule has 2 saturated heterocycles. The van der Waals surface area contributed by atoms with E-state index in [4.69, 9.17) is 5.73 Å². The molecule has 3 N–H and O–H groups in total. The number of carboxylic acid groups (broad SMARTS) is 1. The number of rotatable bonds is 3. The summed E-state index contributed by atoms with van der Waals surface area (Å²) in [5.41, 5.74) is 5.83. The van der Waals surface area contributed by atoms with E-state index >= 15 is 0 Å². The molecule has 19 heavy (non-hydrogen) atoms. The number of amides is 1. The van der Waals surface area contributed by atoms with Gasteiger partial charge in [-0.1, -0.05) is 0 Å². The van der Waals surface area contributed by atoms with Gasteiger partial charge in [-0.15, -0.1) is 0 Å². The minimum absolute atomic E-state index is 0.0532. The minimum atomic E-state index is -0.881. The molecule has 0 radical (unpaired) electrons. The second kappa shape index (κ2) is 6.34. The van der Waals surface area contributed by atoms with Crippen LogP contribution in [0.4, 0.5) is 0 Å². The van der Waals surface area contributed by atoms with Crippen LogP contribution in [-0.2, 0) is 9.59 Å². The molecule has 2 rings (SSSR count). The topological polar surface area (TPSA) is 86.9 Å². The summed E-state index contributed by atoms with van der Waals surface area (Å²) < 4.78 is 0. The van der Waals surface area contributed by atoms with Crippen molar-refractivity contribution in [3.8, 4) is 0 Å². The lowest BCUT2D eigenvalue weighted by Crippen LogP contribution is -2.52. The molecule has 0 aromatic rings. The van der Waals surface area contributed by atoms with Gasteiger partial charge in [0, 0.05) is 25.7 Å². The molecule has 2 fully saturated rings. The van der Waals surface area contributed by atoms with Gasteiger partial charge in [-0.25, -0.2) is 4.79 Å². The normalized spacial score (nSPS) is 26.4. The molecule has 0 aliphatic carbocycles. The summed E-state index contributed by atoms with van der Waals surface area (Å²) in [5.74, 6) is -0.934. The number of carbonyl (C=O) groups excluding carboxylic acids is 1. The molecule has 0 aromatic carbocycles. The van der Waals surface area contributed by atoms with Gasteiger partial charge in [0.25, 0.3) is 0 Å². The number of hydrogen-bond acceptors (Lipinski definition) is 4. The molecule has 0 bridgehead atoms. The monoisotopic (exact) mass is 269 g/mol. The van der Waals surface area contributed by atoms with Crippen molar-refractivity contribution in [1.29, 1.82) is 0 Å². The zero-order chi connectivity index (χ0) is 13.8. The Balaban J connectivity index is 1.89. The first-order valence-corrected chi connectivity index (χ1v) is 7.08. The number of nitrogens with zero attached hydrogens (tertiary/aromatic N) is 2. The van der Waals surface area contributed by atoms with Gasteiger partial charge in [-0.2, -0.15) is 0 Å². The number of likely N-dealkylation sites (tertiary alicyclic amines) is 2. The van der Waals surface area contributed by atoms with Crippen LogP contribution in [0.2, 0.25) is 0 Å². The maximum Gasteiger partial charge on any atom is 0.326 e. The van der Waals surface area contributed by atoms with Crippen molar-refractivity contribution in [2.24, 2.45) is 5.73 Å². The third kappa shape index (κ3) is 3.67. The van der Waals surface area contributed by atoms with Crippen LogP contribution in [0.25, 0.3) is 0 Å². The third-order valence-electron chi connectivity index (χ3n) is 4.10. The molecular formula is C13H23N3O3. The van der Waals surface area contributed by atoms with E-state index in [0.29, 0.717) is 19.5 Å². The van der Waals surface area contributed by atoms with Gasteiger partial charge >= 0.3 is 5.97 Å². The molecule has 6 nitrogen and oxygen atoms in total. The fraction of sp³-hybridized carbons (Fsp3) is 0.846. The Morgan fingerprint density at radius 3 is 2.42 bits per heavy atom. The zero-order valence-electron chi connectivity index (χ0n) is 11.3. The number of nitrogens with two attached hydrogens (primary N) is 1. The predicted molar refractivity (Wildman–Crippen MR) is 70.6 cm³/mol. The highest BCUT2D eigenvalue weighted by Gasteiger charge is 2.32. The quantitative estimate of drug-likeness (QED) is 0.745. The summed E-state index contributed by atoms with van der Waals surface area (Å²) in [6.07, 6.45) is 4.19. The average molecular weight is 269 g/mol. The van der Waals surface area contributed by atoms with E-state index in [-0.39, 0.29) is 11.9 Å². The van der Waals surface area contributed by atoms with E-state index in [1.807, 2.05) is 0 Å². The van der Waals surface area contributed by atoms with Crippen LogP contribution in [0, 0.1) is 0 Å². The summed E-state index contributed by atoms with van der Waals surface area (Å²) in [6, 6.07) is -0.388. The smallest absolute Gasteiger partial charge is 0.326 e. The highest BCUT2D eigenvalue weighted by molar-refractivity contribution is 5.85. The van der Waals surface area contributed by atoms with Gasteiger partial charge in [-0.05, 0) is 32.1 Å². The highest BCUT2D eigenvalue weighted by Crippen LogP contribution is 2.18. The molecule has 0 spiro atoms. The van der Waals surface area contributed by atoms with Gasteiger partial charge < -0.3 is 15.7 Å². The Hall–Kier alpha value is -1.14. The van der Waals surface area contributed by atoms with Crippen molar-refractivity contribution >= 4 is 11.9 Å². The molecular weight excluding hydrogens is 246 g/mol. The Morgan fingerprint density at radius 1 is 1.11 bits per heavy atom. The Morgan fingerprint density at radius 2 is 1.79 bits per heavy atom. The van der Waals surface area contributed by atoms with E-state index in [9.17, 15) is 14.7 Å². The fourth-order valence-electron chi connectivity index (χ4n) is 2.88. The largest absolute Gasteiger partial charge is 0.480 e. The number of carbonyl (C=O) groups is 2. The molecule has 108 valence electrons. The lowest BCUT2D eigenvalue weighted by molar-refractivity contribution is -0.152. The standard InChI is InChI=1S/C13H23N3O3/c14-10-4-7-15(8-5-10)9-12(17)16-6-2-1-3-11(16)13(18)19/h10-11H,1-9,14H2,(H,18,19)/t11-/m0/s1. The van der Waals surface area contributed by atoms with E-state index in [2.05, 4.69) is 4.90 Å². The van der Waals surface area contributed by atoms with E-state index in [1.54, 1.807) is 4.90 Å². The van der Waals surface area contributed by atoms with Crippen LogP contribution in [0.3, 0.4) is 0 Å². The van der Waals surface area contributed by atoms with Crippen LogP contribution in [0.15, 0.2) is 0 Å². The van der Waals surface area contributed by atoms with E-state index in [0.717, 1.165) is 38.8 Å². The summed E-state index contributed by atoms with van der Waals surface area (Å²) in [4.78, 5) is 27.1. The van der Waals surface area contributed by atoms with Crippen LogP contribution < -0.4 is 5.73 Å². The number of hydrogen-bond donors (Lipinski definition) is 2. The fourth-order valence-corrected chi connectivity index (χ4v) is 2.88. The van der Waals surface area contributed by atoms with Crippen molar-refractivity contribution in [1.82, 2.24) is 9.80 Å². The van der Waals surface area contributed by atoms with Gasteiger partial charge in [0.1, 0.15) is 6.04 Å². The van der Waals surface area contributed by atoms with E-state index < -0.39 is 12.0 Å². The highest BCUT2D eigenvalue weighted by atomic mass is 16.4. The lowest BCUT2D eigenvalue weighted by atomic mass is 10.0. The predicted octanol–water partition coefficient (Wildman–Crippen LogP) is -0.125. The van der Waals surface area contributed by atoms with Gasteiger partial charge in [0.15, 0.2) is 0 Å². The van der Waals surface area contributed by atoms with Crippen molar-refractivity contribution in [3.05, 3.63) is 0 Å². The molecule has 2 heterocycles. The van der Waals surface area contributed by atoms with Gasteiger partial charge in [-0.3, -0.25) is 9.69 Å². The summed E-state index contributed by atoms with van der Waals surface area (Å²) in [5, 5.41) is 9.17. The summed E-state index contributed by atoms with van der Waals surface area (Å²) >= 11 is 0. The maximum atomic E-state index is 12.3. The summed E-state index contributed by atoms with van der Waals surface area (Å²) in [7, 11) is 0. The Kier molecular flexibility index (Phi) is 4.76. The van der Waals surface area contributed by atoms with Crippen molar-refractivity contribution < 1.29 is 14.7 Å². The van der Waals surface area contributed by atoms with Crippen molar-refractivity contribution in [2.75, 3.05) is 26.2 Å². The second-order valence-electron chi connectivity index (χ2n) is 5.55. The minimum Gasteiger partial charge on any atom is -0.480 e. The molecule has 1 atom stereocenters. The van der Waals surface area contributed by atoms with Crippen LogP contribution in [0.5, 0.6) is 0 Å². The molecule has 6 heteroatoms. The first-order chi connectivity index (χ1) is 9.08. The second-order valence-corrected chi connectivity index (χ2v) is 5.55. The van der Waals surface area contributed by atoms with Crippen LogP contribution in [0.1, 0.15) is 32.1 Å². The molecule has 0 saturated carbocycles. The number of aliphatic carboxylic acids is 1. The van der Waals surface area contributed by atoms with Crippen LogP contribution >= 0.6 is 0 Å². The van der Waals surface area contributed by atoms with Crippen molar-refractivity contribution in [2.45, 2.75) is 44.2 Å². The van der Waals surface area contributed by atoms with E-state index in [1.165, 1.54) is 0 Å². The Bertz CT molecular complexity index is 340. The molecule has 0 aromatic heterocycles. The lowest BCUT2D eigenvalue weighted by Gasteiger charge is -2.36. The third-order valence-corrected chi connectivity index (χ3v) is 4.10.